The van der Waals surface area contributed by atoms with Crippen LogP contribution in [0.15, 0.2) is 47.4 Å². The largest absolute Gasteiger partial charge is 0.348 e. The molecule has 2 N–H and O–H groups in total. The highest BCUT2D eigenvalue weighted by molar-refractivity contribution is 7.89. The molecule has 2 aromatic carbocycles. The van der Waals surface area contributed by atoms with Crippen LogP contribution < -0.4 is 10.6 Å². The van der Waals surface area contributed by atoms with Gasteiger partial charge in [-0.15, -0.1) is 0 Å². The average molecular weight is 493 g/mol. The Balaban J connectivity index is 1.69. The van der Waals surface area contributed by atoms with Crippen molar-refractivity contribution in [2.75, 3.05) is 31.5 Å². The summed E-state index contributed by atoms with van der Waals surface area (Å²) in [5.41, 5.74) is 1.51. The molecule has 3 rings (SSSR count). The third-order valence-corrected chi connectivity index (χ3v) is 7.93. The van der Waals surface area contributed by atoms with Gasteiger partial charge < -0.3 is 15.5 Å². The first-order valence-corrected chi connectivity index (χ1v) is 12.8. The van der Waals surface area contributed by atoms with E-state index in [-0.39, 0.29) is 28.1 Å². The molecular formula is C23H29ClN4O4S. The lowest BCUT2D eigenvalue weighted by Crippen LogP contribution is -2.32. The Morgan fingerprint density at radius 2 is 1.76 bits per heavy atom. The first kappa shape index (κ1) is 25.0. The van der Waals surface area contributed by atoms with Crippen LogP contribution in [0.3, 0.4) is 0 Å². The van der Waals surface area contributed by atoms with Gasteiger partial charge in [-0.25, -0.2) is 13.2 Å². The van der Waals surface area contributed by atoms with Crippen molar-refractivity contribution in [2.24, 2.45) is 0 Å². The summed E-state index contributed by atoms with van der Waals surface area (Å²) in [5, 5.41) is 5.82. The third-order valence-electron chi connectivity index (χ3n) is 5.55. The summed E-state index contributed by atoms with van der Waals surface area (Å²) in [6.07, 6.45) is 2.03. The third kappa shape index (κ3) is 6.04. The zero-order valence-electron chi connectivity index (χ0n) is 18.8. The van der Waals surface area contributed by atoms with E-state index in [9.17, 15) is 18.0 Å². The molecule has 33 heavy (non-hydrogen) atoms. The molecule has 8 nitrogen and oxygen atoms in total. The molecule has 0 aromatic heterocycles. The zero-order chi connectivity index (χ0) is 24.0. The number of anilines is 1. The number of amides is 3. The number of likely N-dealkylation sites (tertiary alicyclic amines) is 1. The molecule has 1 aliphatic heterocycles. The van der Waals surface area contributed by atoms with Crippen molar-refractivity contribution in [3.05, 3.63) is 58.6 Å². The molecule has 178 valence electrons. The average Bonchev–Trinajstić information content (AvgIpc) is 3.34. The fraction of sp³-hybridized carbons (Fsp3) is 0.391. The lowest BCUT2D eigenvalue weighted by Gasteiger charge is -2.19. The number of hydrogen-bond acceptors (Lipinski definition) is 4. The van der Waals surface area contributed by atoms with Gasteiger partial charge in [-0.3, -0.25) is 4.79 Å². The standard InChI is InChI=1S/C23H29ClN4O4S/c1-3-28(4-2)33(31,32)19-10-11-21(24)20(15-19)22(29)25-16-17-8-7-9-18(14-17)26-23(30)27-12-5-6-13-27/h7-11,14-15H,3-6,12-13,16H2,1-2H3,(H,25,29)(H,26,30). The van der Waals surface area contributed by atoms with E-state index in [1.54, 1.807) is 36.9 Å². The molecule has 1 heterocycles. The van der Waals surface area contributed by atoms with Crippen molar-refractivity contribution in [2.45, 2.75) is 38.1 Å². The number of halogens is 1. The van der Waals surface area contributed by atoms with E-state index in [1.807, 2.05) is 6.07 Å². The van der Waals surface area contributed by atoms with E-state index in [0.717, 1.165) is 31.5 Å². The van der Waals surface area contributed by atoms with Crippen LogP contribution in [0.4, 0.5) is 10.5 Å². The topological polar surface area (TPSA) is 98.8 Å². The van der Waals surface area contributed by atoms with Gasteiger partial charge in [-0.2, -0.15) is 4.31 Å². The number of urea groups is 1. The number of carbonyl (C=O) groups is 2. The van der Waals surface area contributed by atoms with E-state index < -0.39 is 15.9 Å². The van der Waals surface area contributed by atoms with Crippen LogP contribution in [-0.4, -0.2) is 55.7 Å². The normalized spacial score (nSPS) is 13.9. The summed E-state index contributed by atoms with van der Waals surface area (Å²) in [7, 11) is -3.71. The Kier molecular flexibility index (Phi) is 8.34. The van der Waals surface area contributed by atoms with Crippen LogP contribution in [0.25, 0.3) is 0 Å². The van der Waals surface area contributed by atoms with Crippen molar-refractivity contribution in [1.82, 2.24) is 14.5 Å². The summed E-state index contributed by atoms with van der Waals surface area (Å²) in [6.45, 7) is 5.87. The van der Waals surface area contributed by atoms with Crippen molar-refractivity contribution in [1.29, 1.82) is 0 Å². The Morgan fingerprint density at radius 3 is 2.42 bits per heavy atom. The van der Waals surface area contributed by atoms with Gasteiger partial charge in [0.1, 0.15) is 0 Å². The number of nitrogens with zero attached hydrogens (tertiary/aromatic N) is 2. The number of nitrogens with one attached hydrogen (secondary N) is 2. The number of carbonyl (C=O) groups excluding carboxylic acids is 2. The highest BCUT2D eigenvalue weighted by atomic mass is 35.5. The number of benzene rings is 2. The smallest absolute Gasteiger partial charge is 0.321 e. The molecule has 0 aliphatic carbocycles. The lowest BCUT2D eigenvalue weighted by molar-refractivity contribution is 0.0951. The summed E-state index contributed by atoms with van der Waals surface area (Å²) < 4.78 is 26.9. The first-order chi connectivity index (χ1) is 15.8. The molecule has 0 unspecified atom stereocenters. The van der Waals surface area contributed by atoms with Gasteiger partial charge in [0, 0.05) is 38.4 Å². The van der Waals surface area contributed by atoms with Crippen LogP contribution in [0.5, 0.6) is 0 Å². The molecule has 3 amide bonds. The van der Waals surface area contributed by atoms with E-state index in [4.69, 9.17) is 11.6 Å². The van der Waals surface area contributed by atoms with Crippen molar-refractivity contribution in [3.63, 3.8) is 0 Å². The quantitative estimate of drug-likeness (QED) is 0.583. The molecule has 0 spiro atoms. The van der Waals surface area contributed by atoms with E-state index in [0.29, 0.717) is 18.8 Å². The number of rotatable bonds is 8. The summed E-state index contributed by atoms with van der Waals surface area (Å²) in [5.74, 6) is -0.483. The van der Waals surface area contributed by atoms with Crippen molar-refractivity contribution in [3.8, 4) is 0 Å². The van der Waals surface area contributed by atoms with Crippen LogP contribution in [-0.2, 0) is 16.6 Å². The van der Waals surface area contributed by atoms with Crippen molar-refractivity contribution >= 4 is 39.2 Å². The Morgan fingerprint density at radius 1 is 1.06 bits per heavy atom. The second-order valence-corrected chi connectivity index (χ2v) is 10.1. The SMILES string of the molecule is CCN(CC)S(=O)(=O)c1ccc(Cl)c(C(=O)NCc2cccc(NC(=O)N3CCCC3)c2)c1. The second-order valence-electron chi connectivity index (χ2n) is 7.74. The van der Waals surface area contributed by atoms with Gasteiger partial charge in [-0.1, -0.05) is 37.6 Å². The van der Waals surface area contributed by atoms with Gasteiger partial charge in [0.2, 0.25) is 10.0 Å². The summed E-state index contributed by atoms with van der Waals surface area (Å²) >= 11 is 6.19. The minimum absolute atomic E-state index is 0.0207. The maximum absolute atomic E-state index is 12.8. The predicted molar refractivity (Wildman–Crippen MR) is 129 cm³/mol. The van der Waals surface area contributed by atoms with E-state index in [2.05, 4.69) is 10.6 Å². The van der Waals surface area contributed by atoms with Gasteiger partial charge in [0.25, 0.3) is 5.91 Å². The van der Waals surface area contributed by atoms with Crippen molar-refractivity contribution < 1.29 is 18.0 Å². The number of sulfonamides is 1. The molecule has 1 aliphatic rings. The lowest BCUT2D eigenvalue weighted by atomic mass is 10.1. The maximum atomic E-state index is 12.8. The minimum atomic E-state index is -3.71. The molecule has 0 radical (unpaired) electrons. The minimum Gasteiger partial charge on any atom is -0.348 e. The molecule has 0 bridgehead atoms. The van der Waals surface area contributed by atoms with E-state index >= 15 is 0 Å². The summed E-state index contributed by atoms with van der Waals surface area (Å²) in [4.78, 5) is 26.9. The van der Waals surface area contributed by atoms with Crippen LogP contribution in [0.2, 0.25) is 5.02 Å². The molecular weight excluding hydrogens is 464 g/mol. The molecule has 1 fully saturated rings. The molecule has 0 saturated carbocycles. The van der Waals surface area contributed by atoms with Gasteiger partial charge in [0.05, 0.1) is 15.5 Å². The van der Waals surface area contributed by atoms with Gasteiger partial charge in [-0.05, 0) is 48.7 Å². The van der Waals surface area contributed by atoms with Crippen LogP contribution in [0, 0.1) is 0 Å². The maximum Gasteiger partial charge on any atom is 0.321 e. The predicted octanol–water partition coefficient (Wildman–Crippen LogP) is 3.93. The van der Waals surface area contributed by atoms with Crippen LogP contribution in [0.1, 0.15) is 42.6 Å². The fourth-order valence-electron chi connectivity index (χ4n) is 3.71. The Hall–Kier alpha value is -2.62. The zero-order valence-corrected chi connectivity index (χ0v) is 20.4. The Labute approximate surface area is 200 Å². The number of hydrogen-bond donors (Lipinski definition) is 2. The highest BCUT2D eigenvalue weighted by Gasteiger charge is 2.24. The van der Waals surface area contributed by atoms with Gasteiger partial charge >= 0.3 is 6.03 Å². The first-order valence-electron chi connectivity index (χ1n) is 11.0. The highest BCUT2D eigenvalue weighted by Crippen LogP contribution is 2.23. The Bertz CT molecular complexity index is 1110. The second kappa shape index (κ2) is 11.0. The van der Waals surface area contributed by atoms with E-state index in [1.165, 1.54) is 22.5 Å². The van der Waals surface area contributed by atoms with Gasteiger partial charge in [0.15, 0.2) is 0 Å². The monoisotopic (exact) mass is 492 g/mol. The summed E-state index contributed by atoms with van der Waals surface area (Å²) in [6, 6.07) is 11.2. The molecule has 0 atom stereocenters. The molecule has 1 saturated heterocycles. The van der Waals surface area contributed by atoms with Crippen LogP contribution >= 0.6 is 11.6 Å². The fourth-order valence-corrected chi connectivity index (χ4v) is 5.40. The molecule has 2 aromatic rings. The molecule has 10 heteroatoms.